The zero-order valence-corrected chi connectivity index (χ0v) is 10.6. The fourth-order valence-corrected chi connectivity index (χ4v) is 2.32. The first-order valence-corrected chi connectivity index (χ1v) is 6.32. The maximum atomic E-state index is 5.94. The summed E-state index contributed by atoms with van der Waals surface area (Å²) in [6.45, 7) is 0.442. The van der Waals surface area contributed by atoms with Crippen LogP contribution in [0.5, 0.6) is 0 Å². The minimum absolute atomic E-state index is 0.442. The molecule has 0 aliphatic heterocycles. The molecule has 0 bridgehead atoms. The van der Waals surface area contributed by atoms with Gasteiger partial charge < -0.3 is 10.6 Å². The average molecular weight is 247 g/mol. The fourth-order valence-electron chi connectivity index (χ4n) is 2.32. The molecule has 0 heterocycles. The van der Waals surface area contributed by atoms with Crippen molar-refractivity contribution in [2.24, 2.45) is 5.73 Å². The predicted octanol–water partition coefficient (Wildman–Crippen LogP) is 3.69. The summed E-state index contributed by atoms with van der Waals surface area (Å²) in [5.41, 5.74) is 8.16. The summed E-state index contributed by atoms with van der Waals surface area (Å²) < 4.78 is 0. The molecule has 0 fully saturated rings. The Morgan fingerprint density at radius 2 is 1.63 bits per heavy atom. The fraction of sp³-hybridized carbons (Fsp3) is 0.0588. The lowest BCUT2D eigenvalue weighted by Gasteiger charge is -2.24. The number of hydrogen-bond donors (Lipinski definition) is 1. The third kappa shape index (κ3) is 2.18. The highest BCUT2D eigenvalue weighted by Crippen LogP contribution is 2.30. The van der Waals surface area contributed by atoms with E-state index < -0.39 is 0 Å². The minimum atomic E-state index is 0.442. The number of fused-ring (bicyclic) bond motifs is 1. The van der Waals surface area contributed by atoms with E-state index in [0.29, 0.717) is 6.67 Å². The van der Waals surface area contributed by atoms with Crippen molar-refractivity contribution in [3.05, 3.63) is 72.8 Å². The summed E-state index contributed by atoms with van der Waals surface area (Å²) in [6, 6.07) is 25.7. The van der Waals surface area contributed by atoms with Crippen LogP contribution in [-0.2, 0) is 0 Å². The van der Waals surface area contributed by atoms with E-state index in [-0.39, 0.29) is 0 Å². The van der Waals surface area contributed by atoms with E-state index in [1.807, 2.05) is 36.4 Å². The Morgan fingerprint density at radius 3 is 2.42 bits per heavy atom. The summed E-state index contributed by atoms with van der Waals surface area (Å²) in [6.07, 6.45) is 0. The molecular formula is C17H15N2. The van der Waals surface area contributed by atoms with Gasteiger partial charge in [0.05, 0.1) is 12.4 Å². The molecule has 2 nitrogen and oxygen atoms in total. The second-order valence-electron chi connectivity index (χ2n) is 4.35. The van der Waals surface area contributed by atoms with Crippen LogP contribution in [0.25, 0.3) is 10.8 Å². The lowest BCUT2D eigenvalue weighted by Crippen LogP contribution is -2.24. The molecule has 3 aromatic carbocycles. The molecule has 0 aliphatic rings. The van der Waals surface area contributed by atoms with Gasteiger partial charge in [0.15, 0.2) is 0 Å². The number of hydrogen-bond acceptors (Lipinski definition) is 2. The Kier molecular flexibility index (Phi) is 3.17. The van der Waals surface area contributed by atoms with Gasteiger partial charge in [-0.25, -0.2) is 0 Å². The summed E-state index contributed by atoms with van der Waals surface area (Å²) in [5, 5.41) is 2.27. The van der Waals surface area contributed by atoms with Crippen LogP contribution in [0.3, 0.4) is 0 Å². The van der Waals surface area contributed by atoms with Gasteiger partial charge in [-0.15, -0.1) is 0 Å². The molecule has 0 aliphatic carbocycles. The molecule has 2 heteroatoms. The topological polar surface area (TPSA) is 29.3 Å². The van der Waals surface area contributed by atoms with E-state index in [9.17, 15) is 0 Å². The molecule has 0 spiro atoms. The largest absolute Gasteiger partial charge is 0.328 e. The van der Waals surface area contributed by atoms with Gasteiger partial charge in [0.25, 0.3) is 0 Å². The van der Waals surface area contributed by atoms with Gasteiger partial charge >= 0.3 is 0 Å². The number of para-hydroxylation sites is 1. The van der Waals surface area contributed by atoms with E-state index in [1.165, 1.54) is 5.39 Å². The van der Waals surface area contributed by atoms with Crippen molar-refractivity contribution in [1.82, 2.24) is 0 Å². The van der Waals surface area contributed by atoms with E-state index in [2.05, 4.69) is 41.3 Å². The molecule has 93 valence electrons. The predicted molar refractivity (Wildman–Crippen MR) is 80.4 cm³/mol. The lowest BCUT2D eigenvalue weighted by molar-refractivity contribution is 0.988. The van der Waals surface area contributed by atoms with Crippen LogP contribution < -0.4 is 10.6 Å². The van der Waals surface area contributed by atoms with Crippen LogP contribution in [0.15, 0.2) is 66.7 Å². The maximum Gasteiger partial charge on any atom is 0.0706 e. The zero-order chi connectivity index (χ0) is 13.1. The number of nitrogens with zero attached hydrogens (tertiary/aromatic N) is 1. The van der Waals surface area contributed by atoms with Crippen molar-refractivity contribution < 1.29 is 0 Å². The highest BCUT2D eigenvalue weighted by atomic mass is 15.2. The van der Waals surface area contributed by atoms with Crippen molar-refractivity contribution in [2.75, 3.05) is 11.6 Å². The first kappa shape index (κ1) is 11.8. The second kappa shape index (κ2) is 5.12. The Labute approximate surface area is 113 Å². The number of benzene rings is 3. The molecule has 0 saturated heterocycles. The normalized spacial score (nSPS) is 10.6. The van der Waals surface area contributed by atoms with E-state index in [1.54, 1.807) is 0 Å². The summed E-state index contributed by atoms with van der Waals surface area (Å²) in [4.78, 5) is 2.11. The highest BCUT2D eigenvalue weighted by molar-refractivity contribution is 5.95. The third-order valence-corrected chi connectivity index (χ3v) is 3.22. The van der Waals surface area contributed by atoms with E-state index in [0.717, 1.165) is 16.8 Å². The number of anilines is 2. The van der Waals surface area contributed by atoms with Gasteiger partial charge in [0.2, 0.25) is 0 Å². The van der Waals surface area contributed by atoms with E-state index in [4.69, 9.17) is 5.73 Å². The molecular weight excluding hydrogens is 232 g/mol. The first-order valence-electron chi connectivity index (χ1n) is 6.32. The molecule has 0 atom stereocenters. The zero-order valence-electron chi connectivity index (χ0n) is 10.6. The van der Waals surface area contributed by atoms with Crippen LogP contribution in [0.1, 0.15) is 0 Å². The van der Waals surface area contributed by atoms with Crippen LogP contribution in [0.2, 0.25) is 0 Å². The maximum absolute atomic E-state index is 5.94. The average Bonchev–Trinajstić information content (AvgIpc) is 2.49. The van der Waals surface area contributed by atoms with E-state index >= 15 is 0 Å². The van der Waals surface area contributed by atoms with Gasteiger partial charge in [0, 0.05) is 11.1 Å². The van der Waals surface area contributed by atoms with Crippen molar-refractivity contribution in [2.45, 2.75) is 0 Å². The Hall–Kier alpha value is -2.32. The molecule has 0 saturated carbocycles. The lowest BCUT2D eigenvalue weighted by atomic mass is 10.1. The molecule has 0 amide bonds. The van der Waals surface area contributed by atoms with Gasteiger partial charge in [-0.2, -0.15) is 0 Å². The van der Waals surface area contributed by atoms with Gasteiger partial charge in [-0.05, 0) is 29.7 Å². The molecule has 2 N–H and O–H groups in total. The Bertz CT molecular complexity index is 672. The summed E-state index contributed by atoms with van der Waals surface area (Å²) in [5.74, 6) is 0. The monoisotopic (exact) mass is 247 g/mol. The quantitative estimate of drug-likeness (QED) is 0.715. The van der Waals surface area contributed by atoms with Crippen LogP contribution in [0.4, 0.5) is 11.4 Å². The summed E-state index contributed by atoms with van der Waals surface area (Å²) in [7, 11) is 0. The van der Waals surface area contributed by atoms with Gasteiger partial charge in [0.1, 0.15) is 0 Å². The van der Waals surface area contributed by atoms with Gasteiger partial charge in [-0.1, -0.05) is 48.5 Å². The molecule has 3 aromatic rings. The first-order chi connectivity index (χ1) is 9.40. The van der Waals surface area contributed by atoms with Crippen molar-refractivity contribution >= 4 is 22.1 Å². The third-order valence-electron chi connectivity index (χ3n) is 3.22. The number of rotatable bonds is 3. The Morgan fingerprint density at radius 1 is 0.895 bits per heavy atom. The molecule has 3 rings (SSSR count). The highest BCUT2D eigenvalue weighted by Gasteiger charge is 2.09. The van der Waals surface area contributed by atoms with Crippen LogP contribution >= 0.6 is 0 Å². The smallest absolute Gasteiger partial charge is 0.0706 e. The molecule has 0 aromatic heterocycles. The number of nitrogens with two attached hydrogens (primary N) is 1. The van der Waals surface area contributed by atoms with Crippen LogP contribution in [-0.4, -0.2) is 6.67 Å². The minimum Gasteiger partial charge on any atom is -0.328 e. The molecule has 19 heavy (non-hydrogen) atoms. The van der Waals surface area contributed by atoms with Crippen molar-refractivity contribution in [3.8, 4) is 0 Å². The SMILES string of the molecule is NCN(c1ccccc1)c1cc[c]c2ccccc12. The molecule has 0 unspecified atom stereocenters. The van der Waals surface area contributed by atoms with Gasteiger partial charge in [-0.3, -0.25) is 0 Å². The second-order valence-corrected chi connectivity index (χ2v) is 4.35. The molecule has 1 radical (unpaired) electrons. The summed E-state index contributed by atoms with van der Waals surface area (Å²) >= 11 is 0. The van der Waals surface area contributed by atoms with Crippen LogP contribution in [0, 0.1) is 6.07 Å². The Balaban J connectivity index is 2.17. The van der Waals surface area contributed by atoms with Crippen molar-refractivity contribution in [3.63, 3.8) is 0 Å². The van der Waals surface area contributed by atoms with Crippen molar-refractivity contribution in [1.29, 1.82) is 0 Å². The standard InChI is InChI=1S/C17H15N2/c18-13-19(15-9-2-1-3-10-15)17-12-6-8-14-7-4-5-11-16(14)17/h1-7,9-12H,13,18H2.